The second-order valence-corrected chi connectivity index (χ2v) is 5.73. The summed E-state index contributed by atoms with van der Waals surface area (Å²) in [5.74, 6) is 1.68. The van der Waals surface area contributed by atoms with E-state index in [1.165, 1.54) is 18.4 Å². The monoisotopic (exact) mass is 298 g/mol. The van der Waals surface area contributed by atoms with Gasteiger partial charge in [-0.3, -0.25) is 9.67 Å². The van der Waals surface area contributed by atoms with Crippen LogP contribution in [0.4, 0.5) is 0 Å². The van der Waals surface area contributed by atoms with Gasteiger partial charge in [-0.25, -0.2) is 4.98 Å². The van der Waals surface area contributed by atoms with Crippen molar-refractivity contribution in [3.8, 4) is 0 Å². The van der Waals surface area contributed by atoms with Gasteiger partial charge in [0.05, 0.1) is 6.54 Å². The Labute approximate surface area is 130 Å². The highest BCUT2D eigenvalue weighted by atomic mass is 15.3. The van der Waals surface area contributed by atoms with Crippen molar-refractivity contribution in [1.82, 2.24) is 25.4 Å². The third-order valence-electron chi connectivity index (χ3n) is 4.28. The van der Waals surface area contributed by atoms with Crippen molar-refractivity contribution in [2.24, 2.45) is 12.0 Å². The first-order valence-electron chi connectivity index (χ1n) is 7.56. The lowest BCUT2D eigenvalue weighted by atomic mass is 9.96. The first-order valence-corrected chi connectivity index (χ1v) is 7.56. The van der Waals surface area contributed by atoms with Crippen LogP contribution in [0, 0.1) is 0 Å². The van der Waals surface area contributed by atoms with Crippen LogP contribution in [0.3, 0.4) is 0 Å². The molecule has 0 unspecified atom stereocenters. The molecule has 0 aliphatic heterocycles. The molecule has 1 aromatic carbocycles. The Morgan fingerprint density at radius 1 is 1.27 bits per heavy atom. The van der Waals surface area contributed by atoms with E-state index in [1.54, 1.807) is 18.1 Å². The zero-order valence-electron chi connectivity index (χ0n) is 13.1. The number of nitrogens with one attached hydrogen (secondary N) is 2. The minimum absolute atomic E-state index is 0.268. The highest BCUT2D eigenvalue weighted by Gasteiger charge is 2.43. The Morgan fingerprint density at radius 2 is 2.05 bits per heavy atom. The summed E-state index contributed by atoms with van der Waals surface area (Å²) < 4.78 is 1.76. The van der Waals surface area contributed by atoms with Crippen molar-refractivity contribution in [1.29, 1.82) is 0 Å². The van der Waals surface area contributed by atoms with Gasteiger partial charge < -0.3 is 10.6 Å². The summed E-state index contributed by atoms with van der Waals surface area (Å²) in [4.78, 5) is 8.48. The van der Waals surface area contributed by atoms with Gasteiger partial charge in [-0.05, 0) is 18.4 Å². The van der Waals surface area contributed by atoms with Crippen LogP contribution in [0.2, 0.25) is 0 Å². The third kappa shape index (κ3) is 3.10. The van der Waals surface area contributed by atoms with Gasteiger partial charge in [-0.1, -0.05) is 30.3 Å². The topological polar surface area (TPSA) is 67.1 Å². The molecule has 1 saturated carbocycles. The predicted octanol–water partition coefficient (Wildman–Crippen LogP) is 1.21. The van der Waals surface area contributed by atoms with Crippen molar-refractivity contribution in [2.75, 3.05) is 13.6 Å². The Bertz CT molecular complexity index is 642. The molecule has 0 radical (unpaired) electrons. The number of benzene rings is 1. The summed E-state index contributed by atoms with van der Waals surface area (Å²) in [6.45, 7) is 1.50. The molecule has 1 heterocycles. The molecule has 0 bridgehead atoms. The summed E-state index contributed by atoms with van der Waals surface area (Å²) in [5.41, 5.74) is 1.68. The molecule has 1 aromatic heterocycles. The second kappa shape index (κ2) is 6.17. The fourth-order valence-electron chi connectivity index (χ4n) is 2.63. The quantitative estimate of drug-likeness (QED) is 0.643. The number of hydrogen-bond donors (Lipinski definition) is 2. The molecule has 116 valence electrons. The molecular weight excluding hydrogens is 276 g/mol. The normalized spacial score (nSPS) is 16.4. The maximum atomic E-state index is 4.28. The van der Waals surface area contributed by atoms with Gasteiger partial charge in [0.1, 0.15) is 12.2 Å². The summed E-state index contributed by atoms with van der Waals surface area (Å²) in [7, 11) is 3.67. The molecule has 3 rings (SSSR count). The third-order valence-corrected chi connectivity index (χ3v) is 4.28. The van der Waals surface area contributed by atoms with Crippen molar-refractivity contribution >= 4 is 5.96 Å². The highest BCUT2D eigenvalue weighted by Crippen LogP contribution is 2.47. The lowest BCUT2D eigenvalue weighted by Crippen LogP contribution is -2.41. The number of guanidine groups is 1. The van der Waals surface area contributed by atoms with E-state index in [4.69, 9.17) is 0 Å². The zero-order chi connectivity index (χ0) is 15.4. The minimum Gasteiger partial charge on any atom is -0.356 e. The smallest absolute Gasteiger partial charge is 0.191 e. The molecule has 1 fully saturated rings. The Hall–Kier alpha value is -2.37. The van der Waals surface area contributed by atoms with Crippen LogP contribution in [0.15, 0.2) is 41.7 Å². The van der Waals surface area contributed by atoms with Gasteiger partial charge in [0.2, 0.25) is 0 Å². The molecule has 0 amide bonds. The number of aryl methyl sites for hydroxylation is 1. The molecule has 0 saturated heterocycles. The maximum absolute atomic E-state index is 4.28. The predicted molar refractivity (Wildman–Crippen MR) is 86.6 cm³/mol. The number of hydrogen-bond acceptors (Lipinski definition) is 3. The molecule has 1 aliphatic carbocycles. The molecule has 0 atom stereocenters. The SMILES string of the molecule is CN=C(NCc1ncnn1C)NCC1(c2ccccc2)CC1. The summed E-state index contributed by atoms with van der Waals surface area (Å²) in [6, 6.07) is 10.7. The van der Waals surface area contributed by atoms with E-state index in [0.29, 0.717) is 6.54 Å². The Kier molecular flexibility index (Phi) is 4.09. The molecule has 6 heteroatoms. The number of nitrogens with zero attached hydrogens (tertiary/aromatic N) is 4. The van der Waals surface area contributed by atoms with Crippen molar-refractivity contribution in [2.45, 2.75) is 24.8 Å². The van der Waals surface area contributed by atoms with Crippen LogP contribution < -0.4 is 10.6 Å². The molecule has 0 spiro atoms. The first kappa shape index (κ1) is 14.6. The zero-order valence-corrected chi connectivity index (χ0v) is 13.1. The maximum Gasteiger partial charge on any atom is 0.191 e. The minimum atomic E-state index is 0.268. The van der Waals surface area contributed by atoms with E-state index in [2.05, 4.69) is 56.0 Å². The molecule has 2 N–H and O–H groups in total. The summed E-state index contributed by atoms with van der Waals surface area (Å²) >= 11 is 0. The van der Waals surface area contributed by atoms with E-state index in [9.17, 15) is 0 Å². The number of rotatable bonds is 5. The van der Waals surface area contributed by atoms with Crippen LogP contribution in [0.1, 0.15) is 24.2 Å². The summed E-state index contributed by atoms with van der Waals surface area (Å²) in [5, 5.41) is 10.8. The van der Waals surface area contributed by atoms with Gasteiger partial charge in [0.15, 0.2) is 5.96 Å². The van der Waals surface area contributed by atoms with Crippen LogP contribution in [-0.2, 0) is 19.0 Å². The Morgan fingerprint density at radius 3 is 2.64 bits per heavy atom. The molecule has 22 heavy (non-hydrogen) atoms. The van der Waals surface area contributed by atoms with Crippen molar-refractivity contribution < 1.29 is 0 Å². The van der Waals surface area contributed by atoms with E-state index in [1.807, 2.05) is 7.05 Å². The molecule has 6 nitrogen and oxygen atoms in total. The van der Waals surface area contributed by atoms with Gasteiger partial charge in [-0.2, -0.15) is 5.10 Å². The number of aromatic nitrogens is 3. The molecular formula is C16H22N6. The van der Waals surface area contributed by atoms with Crippen LogP contribution in [0.25, 0.3) is 0 Å². The van der Waals surface area contributed by atoms with Gasteiger partial charge >= 0.3 is 0 Å². The van der Waals surface area contributed by atoms with E-state index in [0.717, 1.165) is 18.3 Å². The van der Waals surface area contributed by atoms with Crippen molar-refractivity contribution in [3.63, 3.8) is 0 Å². The summed E-state index contributed by atoms with van der Waals surface area (Å²) in [6.07, 6.45) is 4.01. The lowest BCUT2D eigenvalue weighted by Gasteiger charge is -2.19. The van der Waals surface area contributed by atoms with Crippen LogP contribution in [-0.4, -0.2) is 34.3 Å². The largest absolute Gasteiger partial charge is 0.356 e. The average Bonchev–Trinajstić information content (AvgIpc) is 3.25. The standard InChI is InChI=1S/C16H22N6/c1-17-15(18-10-14-20-12-21-22(14)2)19-11-16(8-9-16)13-6-4-3-5-7-13/h3-7,12H,8-11H2,1-2H3,(H2,17,18,19). The second-order valence-electron chi connectivity index (χ2n) is 5.73. The van der Waals surface area contributed by atoms with Crippen LogP contribution >= 0.6 is 0 Å². The van der Waals surface area contributed by atoms with Gasteiger partial charge in [0, 0.05) is 26.1 Å². The highest BCUT2D eigenvalue weighted by molar-refractivity contribution is 5.79. The average molecular weight is 298 g/mol. The Balaban J connectivity index is 1.55. The lowest BCUT2D eigenvalue weighted by molar-refractivity contribution is 0.634. The van der Waals surface area contributed by atoms with E-state index in [-0.39, 0.29) is 5.41 Å². The number of aliphatic imine (C=N–C) groups is 1. The van der Waals surface area contributed by atoms with E-state index >= 15 is 0 Å². The van der Waals surface area contributed by atoms with Gasteiger partial charge in [0.25, 0.3) is 0 Å². The molecule has 1 aliphatic rings. The first-order chi connectivity index (χ1) is 10.7. The van der Waals surface area contributed by atoms with E-state index < -0.39 is 0 Å². The molecule has 2 aromatic rings. The van der Waals surface area contributed by atoms with Crippen LogP contribution in [0.5, 0.6) is 0 Å². The fourth-order valence-corrected chi connectivity index (χ4v) is 2.63. The van der Waals surface area contributed by atoms with Gasteiger partial charge in [-0.15, -0.1) is 0 Å². The van der Waals surface area contributed by atoms with Crippen molar-refractivity contribution in [3.05, 3.63) is 48.0 Å². The fraction of sp³-hybridized carbons (Fsp3) is 0.438.